The molecule has 4 heteroatoms. The lowest BCUT2D eigenvalue weighted by Crippen LogP contribution is -2.42. The van der Waals surface area contributed by atoms with E-state index in [1.165, 1.54) is 24.3 Å². The lowest BCUT2D eigenvalue weighted by Gasteiger charge is -2.41. The fraction of sp³-hybridized carbons (Fsp3) is 0.600. The second-order valence-electron chi connectivity index (χ2n) is 4.04. The standard InChI is InChI=1S/C10H15BrN2S/c11-8-4-9(14-5-8)13-7-10(6-12)2-1-3-10/h4-5,13H,1-3,6-7,12H2. The molecule has 0 unspecified atom stereocenters. The number of nitrogens with two attached hydrogens (primary N) is 1. The predicted molar refractivity (Wildman–Crippen MR) is 65.8 cm³/mol. The van der Waals surface area contributed by atoms with Crippen molar-refractivity contribution in [2.45, 2.75) is 19.3 Å². The van der Waals surface area contributed by atoms with Gasteiger partial charge in [-0.2, -0.15) is 0 Å². The molecule has 1 aromatic heterocycles. The van der Waals surface area contributed by atoms with Crippen LogP contribution in [-0.2, 0) is 0 Å². The van der Waals surface area contributed by atoms with Crippen LogP contribution in [0.2, 0.25) is 0 Å². The summed E-state index contributed by atoms with van der Waals surface area (Å²) in [4.78, 5) is 0. The second-order valence-corrected chi connectivity index (χ2v) is 5.87. The van der Waals surface area contributed by atoms with Crippen molar-refractivity contribution in [2.75, 3.05) is 18.4 Å². The zero-order valence-corrected chi connectivity index (χ0v) is 10.5. The number of anilines is 1. The van der Waals surface area contributed by atoms with Crippen LogP contribution in [0.3, 0.4) is 0 Å². The van der Waals surface area contributed by atoms with Gasteiger partial charge in [0.05, 0.1) is 5.00 Å². The predicted octanol–water partition coefficient (Wildman–Crippen LogP) is 3.05. The Kier molecular flexibility index (Phi) is 3.14. The summed E-state index contributed by atoms with van der Waals surface area (Å²) in [6, 6.07) is 2.12. The minimum absolute atomic E-state index is 0.385. The molecule has 1 aromatic rings. The highest BCUT2D eigenvalue weighted by Crippen LogP contribution is 2.40. The smallest absolute Gasteiger partial charge is 0.0894 e. The van der Waals surface area contributed by atoms with Crippen molar-refractivity contribution < 1.29 is 0 Å². The van der Waals surface area contributed by atoms with Gasteiger partial charge in [0.15, 0.2) is 0 Å². The van der Waals surface area contributed by atoms with E-state index in [2.05, 4.69) is 32.7 Å². The third kappa shape index (κ3) is 2.12. The van der Waals surface area contributed by atoms with Gasteiger partial charge in [0, 0.05) is 16.4 Å². The fourth-order valence-electron chi connectivity index (χ4n) is 1.81. The topological polar surface area (TPSA) is 38.0 Å². The van der Waals surface area contributed by atoms with Crippen molar-refractivity contribution in [3.63, 3.8) is 0 Å². The highest BCUT2D eigenvalue weighted by atomic mass is 79.9. The summed E-state index contributed by atoms with van der Waals surface area (Å²) < 4.78 is 1.15. The highest BCUT2D eigenvalue weighted by Gasteiger charge is 2.35. The van der Waals surface area contributed by atoms with Gasteiger partial charge in [-0.15, -0.1) is 11.3 Å². The van der Waals surface area contributed by atoms with E-state index < -0.39 is 0 Å². The first-order valence-electron chi connectivity index (χ1n) is 4.92. The summed E-state index contributed by atoms with van der Waals surface area (Å²) >= 11 is 5.18. The zero-order chi connectivity index (χ0) is 10.0. The highest BCUT2D eigenvalue weighted by molar-refractivity contribution is 9.10. The molecule has 3 N–H and O–H groups in total. The van der Waals surface area contributed by atoms with Crippen molar-refractivity contribution in [1.82, 2.24) is 0 Å². The normalized spacial score (nSPS) is 19.0. The maximum Gasteiger partial charge on any atom is 0.0894 e. The molecule has 1 aliphatic carbocycles. The van der Waals surface area contributed by atoms with E-state index in [0.717, 1.165) is 17.6 Å². The number of nitrogens with one attached hydrogen (secondary N) is 1. The van der Waals surface area contributed by atoms with Gasteiger partial charge in [0.2, 0.25) is 0 Å². The Balaban J connectivity index is 1.87. The third-order valence-electron chi connectivity index (χ3n) is 3.05. The summed E-state index contributed by atoms with van der Waals surface area (Å²) in [5.74, 6) is 0. The molecular weight excluding hydrogens is 260 g/mol. The average molecular weight is 275 g/mol. The molecule has 0 bridgehead atoms. The Labute approximate surface area is 97.0 Å². The maximum atomic E-state index is 5.79. The molecule has 1 aliphatic rings. The Morgan fingerprint density at radius 1 is 1.57 bits per heavy atom. The van der Waals surface area contributed by atoms with Crippen LogP contribution in [-0.4, -0.2) is 13.1 Å². The Bertz CT molecular complexity index is 301. The van der Waals surface area contributed by atoms with Crippen LogP contribution in [0, 0.1) is 5.41 Å². The summed E-state index contributed by atoms with van der Waals surface area (Å²) in [6.07, 6.45) is 3.90. The summed E-state index contributed by atoms with van der Waals surface area (Å²) in [5.41, 5.74) is 6.18. The van der Waals surface area contributed by atoms with Gasteiger partial charge in [-0.3, -0.25) is 0 Å². The number of hydrogen-bond acceptors (Lipinski definition) is 3. The van der Waals surface area contributed by atoms with Crippen LogP contribution >= 0.6 is 27.3 Å². The quantitative estimate of drug-likeness (QED) is 0.886. The van der Waals surface area contributed by atoms with Gasteiger partial charge in [-0.1, -0.05) is 6.42 Å². The number of hydrogen-bond donors (Lipinski definition) is 2. The van der Waals surface area contributed by atoms with Crippen molar-refractivity contribution in [3.8, 4) is 0 Å². The van der Waals surface area contributed by atoms with Crippen molar-refractivity contribution in [3.05, 3.63) is 15.9 Å². The molecule has 0 atom stereocenters. The van der Waals surface area contributed by atoms with E-state index in [0.29, 0.717) is 5.41 Å². The molecule has 1 fully saturated rings. The van der Waals surface area contributed by atoms with Crippen LogP contribution in [0.25, 0.3) is 0 Å². The maximum absolute atomic E-state index is 5.79. The molecular formula is C10H15BrN2S. The van der Waals surface area contributed by atoms with Crippen molar-refractivity contribution in [2.24, 2.45) is 11.1 Å². The molecule has 0 aromatic carbocycles. The van der Waals surface area contributed by atoms with E-state index in [-0.39, 0.29) is 0 Å². The molecule has 2 nitrogen and oxygen atoms in total. The molecule has 1 saturated carbocycles. The number of thiophene rings is 1. The monoisotopic (exact) mass is 274 g/mol. The van der Waals surface area contributed by atoms with Crippen LogP contribution in [0.4, 0.5) is 5.00 Å². The SMILES string of the molecule is NCC1(CNc2cc(Br)cs2)CCC1. The van der Waals surface area contributed by atoms with Crippen molar-refractivity contribution in [1.29, 1.82) is 0 Å². The number of halogens is 1. The summed E-state index contributed by atoms with van der Waals surface area (Å²) in [6.45, 7) is 1.84. The van der Waals surface area contributed by atoms with Crippen molar-refractivity contribution >= 4 is 32.3 Å². The molecule has 0 spiro atoms. The molecule has 14 heavy (non-hydrogen) atoms. The van der Waals surface area contributed by atoms with E-state index in [9.17, 15) is 0 Å². The second kappa shape index (κ2) is 4.21. The minimum atomic E-state index is 0.385. The van der Waals surface area contributed by atoms with Crippen LogP contribution < -0.4 is 11.1 Å². The molecule has 0 saturated heterocycles. The zero-order valence-electron chi connectivity index (χ0n) is 8.05. The minimum Gasteiger partial charge on any atom is -0.376 e. The van der Waals surface area contributed by atoms with E-state index >= 15 is 0 Å². The molecule has 0 aliphatic heterocycles. The number of rotatable bonds is 4. The first-order valence-corrected chi connectivity index (χ1v) is 6.59. The van der Waals surface area contributed by atoms with Gasteiger partial charge < -0.3 is 11.1 Å². The molecule has 0 amide bonds. The van der Waals surface area contributed by atoms with Gasteiger partial charge in [-0.25, -0.2) is 0 Å². The first kappa shape index (κ1) is 10.5. The Hall–Kier alpha value is -0.0600. The van der Waals surface area contributed by atoms with Crippen LogP contribution in [0.1, 0.15) is 19.3 Å². The molecule has 78 valence electrons. The van der Waals surface area contributed by atoms with E-state index in [1.807, 2.05) is 0 Å². The Morgan fingerprint density at radius 3 is 2.79 bits per heavy atom. The first-order chi connectivity index (χ1) is 6.74. The summed E-state index contributed by atoms with van der Waals surface area (Å²) in [7, 11) is 0. The van der Waals surface area contributed by atoms with Gasteiger partial charge in [-0.05, 0) is 46.8 Å². The lowest BCUT2D eigenvalue weighted by atomic mass is 9.69. The fourth-order valence-corrected chi connectivity index (χ4v) is 3.13. The average Bonchev–Trinajstić information content (AvgIpc) is 2.50. The van der Waals surface area contributed by atoms with Gasteiger partial charge in [0.25, 0.3) is 0 Å². The van der Waals surface area contributed by atoms with Gasteiger partial charge >= 0.3 is 0 Å². The molecule has 2 rings (SSSR count). The largest absolute Gasteiger partial charge is 0.376 e. The summed E-state index contributed by atoms with van der Waals surface area (Å²) in [5, 5.41) is 6.80. The van der Waals surface area contributed by atoms with E-state index in [4.69, 9.17) is 5.73 Å². The molecule has 1 heterocycles. The van der Waals surface area contributed by atoms with Crippen LogP contribution in [0.15, 0.2) is 15.9 Å². The third-order valence-corrected chi connectivity index (χ3v) is 4.70. The lowest BCUT2D eigenvalue weighted by molar-refractivity contribution is 0.163. The van der Waals surface area contributed by atoms with Gasteiger partial charge in [0.1, 0.15) is 0 Å². The van der Waals surface area contributed by atoms with E-state index in [1.54, 1.807) is 11.3 Å². The molecule has 0 radical (unpaired) electrons. The van der Waals surface area contributed by atoms with Crippen LogP contribution in [0.5, 0.6) is 0 Å². The Morgan fingerprint density at radius 2 is 2.36 bits per heavy atom.